The van der Waals surface area contributed by atoms with E-state index < -0.39 is 23.7 Å². The molecule has 0 spiro atoms. The summed E-state index contributed by atoms with van der Waals surface area (Å²) in [7, 11) is 1.46. The average Bonchev–Trinajstić information content (AvgIpc) is 2.94. The lowest BCUT2D eigenvalue weighted by Gasteiger charge is -2.15. The lowest BCUT2D eigenvalue weighted by atomic mass is 10.2. The number of para-hydroxylation sites is 2. The maximum absolute atomic E-state index is 12.8. The Morgan fingerprint density at radius 3 is 2.64 bits per heavy atom. The summed E-state index contributed by atoms with van der Waals surface area (Å²) in [5.41, 5.74) is 0.935. The van der Waals surface area contributed by atoms with Gasteiger partial charge in [0.25, 0.3) is 11.1 Å². The van der Waals surface area contributed by atoms with Crippen LogP contribution in [0, 0.1) is 0 Å². The van der Waals surface area contributed by atoms with Gasteiger partial charge in [0.2, 0.25) is 0 Å². The molecule has 3 rings (SSSR count). The smallest absolute Gasteiger partial charge is 0.341 e. The molecule has 28 heavy (non-hydrogen) atoms. The number of hydrogen-bond acceptors (Lipinski definition) is 6. The third-order valence-electron chi connectivity index (χ3n) is 3.72. The first-order valence-electron chi connectivity index (χ1n) is 7.96. The zero-order valence-corrected chi connectivity index (χ0v) is 16.1. The number of amides is 2. The van der Waals surface area contributed by atoms with Gasteiger partial charge in [-0.3, -0.25) is 9.59 Å². The molecule has 2 aromatic rings. The van der Waals surface area contributed by atoms with Crippen LogP contribution in [-0.2, 0) is 9.59 Å². The van der Waals surface area contributed by atoms with E-state index in [0.29, 0.717) is 17.0 Å². The van der Waals surface area contributed by atoms with Crippen LogP contribution in [0.3, 0.4) is 0 Å². The summed E-state index contributed by atoms with van der Waals surface area (Å²) in [5, 5.41) is 8.41. The number of anilines is 1. The van der Waals surface area contributed by atoms with Gasteiger partial charge in [-0.15, -0.1) is 0 Å². The molecule has 7 nitrogen and oxygen atoms in total. The highest BCUT2D eigenvalue weighted by Gasteiger charge is 2.37. The van der Waals surface area contributed by atoms with Crippen LogP contribution < -0.4 is 14.4 Å². The Hall–Kier alpha value is -2.97. The number of carbonyl (C=O) groups excluding carboxylic acids is 2. The molecule has 0 aromatic heterocycles. The number of aliphatic carboxylic acids is 1. The summed E-state index contributed by atoms with van der Waals surface area (Å²) in [5.74, 6) is -0.968. The van der Waals surface area contributed by atoms with Crippen molar-refractivity contribution in [1.82, 2.24) is 0 Å². The number of hydrogen-bond donors (Lipinski definition) is 1. The number of rotatable bonds is 6. The van der Waals surface area contributed by atoms with Crippen molar-refractivity contribution < 1.29 is 29.0 Å². The number of ether oxygens (including phenoxy) is 2. The summed E-state index contributed by atoms with van der Waals surface area (Å²) in [6, 6.07) is 11.4. The summed E-state index contributed by atoms with van der Waals surface area (Å²) in [4.78, 5) is 37.0. The lowest BCUT2D eigenvalue weighted by molar-refractivity contribution is -0.139. The Balaban J connectivity index is 1.86. The van der Waals surface area contributed by atoms with Gasteiger partial charge in [-0.05, 0) is 47.7 Å². The number of carbonyl (C=O) groups is 3. The highest BCUT2D eigenvalue weighted by atomic mass is 35.5. The van der Waals surface area contributed by atoms with E-state index in [4.69, 9.17) is 26.2 Å². The van der Waals surface area contributed by atoms with Crippen molar-refractivity contribution in [1.29, 1.82) is 0 Å². The Bertz CT molecular complexity index is 990. The molecule has 1 fully saturated rings. The normalized spacial score (nSPS) is 15.2. The van der Waals surface area contributed by atoms with Crippen LogP contribution in [-0.4, -0.2) is 35.9 Å². The molecule has 2 amide bonds. The molecule has 0 bridgehead atoms. The highest BCUT2D eigenvalue weighted by Crippen LogP contribution is 2.39. The molecule has 0 aliphatic carbocycles. The summed E-state index contributed by atoms with van der Waals surface area (Å²) in [6.07, 6.45) is 1.53. The lowest BCUT2D eigenvalue weighted by Crippen LogP contribution is -2.28. The van der Waals surface area contributed by atoms with Crippen LogP contribution in [0.15, 0.2) is 47.4 Å². The number of thioether (sulfide) groups is 1. The van der Waals surface area contributed by atoms with Gasteiger partial charge in [-0.1, -0.05) is 29.8 Å². The van der Waals surface area contributed by atoms with Crippen LogP contribution in [0.2, 0.25) is 5.02 Å². The molecule has 0 unspecified atom stereocenters. The molecule has 0 radical (unpaired) electrons. The molecular formula is C19H14ClNO6S. The first-order valence-corrected chi connectivity index (χ1v) is 9.15. The van der Waals surface area contributed by atoms with Gasteiger partial charge in [0.05, 0.1) is 22.7 Å². The first kappa shape index (κ1) is 19.8. The van der Waals surface area contributed by atoms with E-state index in [0.717, 1.165) is 16.7 Å². The van der Waals surface area contributed by atoms with Gasteiger partial charge in [-0.2, -0.15) is 0 Å². The zero-order valence-electron chi connectivity index (χ0n) is 14.5. The minimum Gasteiger partial charge on any atom is -0.495 e. The standard InChI is InChI=1S/C19H14ClNO6S/c1-26-15-5-3-2-4-13(15)21-18(24)16(28-19(21)25)9-11-6-7-14(12(20)8-11)27-10-17(22)23/h2-9H,10H2,1H3,(H,22,23)/b16-9-. The van der Waals surface area contributed by atoms with Gasteiger partial charge < -0.3 is 14.6 Å². The topological polar surface area (TPSA) is 93.1 Å². The van der Waals surface area contributed by atoms with Gasteiger partial charge in [0.15, 0.2) is 6.61 Å². The van der Waals surface area contributed by atoms with E-state index in [1.54, 1.807) is 30.3 Å². The molecule has 0 saturated carbocycles. The molecule has 2 aromatic carbocycles. The van der Waals surface area contributed by atoms with Crippen molar-refractivity contribution >= 4 is 52.2 Å². The van der Waals surface area contributed by atoms with E-state index in [-0.39, 0.29) is 15.7 Å². The fourth-order valence-electron chi connectivity index (χ4n) is 2.50. The largest absolute Gasteiger partial charge is 0.495 e. The van der Waals surface area contributed by atoms with Crippen molar-refractivity contribution in [2.45, 2.75) is 0 Å². The van der Waals surface area contributed by atoms with Crippen molar-refractivity contribution in [3.63, 3.8) is 0 Å². The van der Waals surface area contributed by atoms with Gasteiger partial charge >= 0.3 is 5.97 Å². The number of carboxylic acids is 1. The van der Waals surface area contributed by atoms with Gasteiger partial charge in [0.1, 0.15) is 11.5 Å². The van der Waals surface area contributed by atoms with E-state index in [1.165, 1.54) is 25.3 Å². The monoisotopic (exact) mass is 419 g/mol. The van der Waals surface area contributed by atoms with Crippen molar-refractivity contribution in [3.8, 4) is 11.5 Å². The van der Waals surface area contributed by atoms with Crippen molar-refractivity contribution in [3.05, 3.63) is 58.0 Å². The second kappa shape index (κ2) is 8.37. The number of halogens is 1. The second-order valence-electron chi connectivity index (χ2n) is 5.56. The molecule has 1 saturated heterocycles. The Morgan fingerprint density at radius 1 is 1.21 bits per heavy atom. The van der Waals surface area contributed by atoms with Gasteiger partial charge in [0, 0.05) is 0 Å². The summed E-state index contributed by atoms with van der Waals surface area (Å²) >= 11 is 6.90. The molecular weight excluding hydrogens is 406 g/mol. The number of nitrogens with zero attached hydrogens (tertiary/aromatic N) is 1. The number of methoxy groups -OCH3 is 1. The molecule has 1 aliphatic rings. The highest BCUT2D eigenvalue weighted by molar-refractivity contribution is 8.19. The fraction of sp³-hybridized carbons (Fsp3) is 0.105. The first-order chi connectivity index (χ1) is 13.4. The predicted octanol–water partition coefficient (Wildman–Crippen LogP) is 4.05. The number of imide groups is 1. The number of benzene rings is 2. The summed E-state index contributed by atoms with van der Waals surface area (Å²) < 4.78 is 10.3. The molecule has 1 heterocycles. The van der Waals surface area contributed by atoms with Gasteiger partial charge in [-0.25, -0.2) is 9.69 Å². The van der Waals surface area contributed by atoms with Crippen LogP contribution in [0.25, 0.3) is 6.08 Å². The van der Waals surface area contributed by atoms with Crippen LogP contribution in [0.4, 0.5) is 10.5 Å². The Labute approximate surface area is 169 Å². The van der Waals surface area contributed by atoms with Crippen LogP contribution in [0.1, 0.15) is 5.56 Å². The molecule has 1 aliphatic heterocycles. The van der Waals surface area contributed by atoms with Crippen LogP contribution >= 0.6 is 23.4 Å². The average molecular weight is 420 g/mol. The van der Waals surface area contributed by atoms with E-state index >= 15 is 0 Å². The molecule has 0 atom stereocenters. The third kappa shape index (κ3) is 4.13. The molecule has 144 valence electrons. The molecule has 9 heteroatoms. The minimum absolute atomic E-state index is 0.193. The van der Waals surface area contributed by atoms with Crippen molar-refractivity contribution in [2.24, 2.45) is 0 Å². The van der Waals surface area contributed by atoms with E-state index in [1.807, 2.05) is 0 Å². The van der Waals surface area contributed by atoms with E-state index in [2.05, 4.69) is 0 Å². The maximum atomic E-state index is 12.8. The van der Waals surface area contributed by atoms with Crippen molar-refractivity contribution in [2.75, 3.05) is 18.6 Å². The quantitative estimate of drug-likeness (QED) is 0.706. The summed E-state index contributed by atoms with van der Waals surface area (Å²) in [6.45, 7) is -0.517. The van der Waals surface area contributed by atoms with E-state index in [9.17, 15) is 14.4 Å². The molecule has 1 N–H and O–H groups in total. The SMILES string of the molecule is COc1ccccc1N1C(=O)S/C(=C\c2ccc(OCC(=O)O)c(Cl)c2)C1=O. The van der Waals surface area contributed by atoms with Crippen LogP contribution in [0.5, 0.6) is 11.5 Å². The maximum Gasteiger partial charge on any atom is 0.341 e. The predicted molar refractivity (Wildman–Crippen MR) is 106 cm³/mol. The minimum atomic E-state index is -1.12. The number of carboxylic acid groups (broad SMARTS) is 1. The Kier molecular flexibility index (Phi) is 5.91. The third-order valence-corrected chi connectivity index (χ3v) is 4.89. The zero-order chi connectivity index (χ0) is 20.3. The second-order valence-corrected chi connectivity index (χ2v) is 6.96. The fourth-order valence-corrected chi connectivity index (χ4v) is 3.58. The Morgan fingerprint density at radius 2 is 1.96 bits per heavy atom.